The fourth-order valence-electron chi connectivity index (χ4n) is 4.93. The third-order valence-corrected chi connectivity index (χ3v) is 7.41. The van der Waals surface area contributed by atoms with Crippen LogP contribution in [0.15, 0.2) is 67.3 Å². The van der Waals surface area contributed by atoms with Crippen molar-refractivity contribution in [2.24, 2.45) is 5.92 Å². The molecule has 1 aliphatic carbocycles. The lowest BCUT2D eigenvalue weighted by atomic mass is 10.0. The number of fused-ring (bicyclic) bond motifs is 2. The van der Waals surface area contributed by atoms with E-state index in [1.807, 2.05) is 25.4 Å². The highest BCUT2D eigenvalue weighted by molar-refractivity contribution is 5.95. The van der Waals surface area contributed by atoms with Crippen LogP contribution in [-0.2, 0) is 0 Å². The first-order valence-corrected chi connectivity index (χ1v) is 13.1. The van der Waals surface area contributed by atoms with Gasteiger partial charge in [-0.1, -0.05) is 19.2 Å². The largest absolute Gasteiger partial charge is 0.367 e. The molecule has 0 spiro atoms. The maximum atomic E-state index is 4.82. The molecule has 4 aromatic rings. The summed E-state index contributed by atoms with van der Waals surface area (Å²) < 4.78 is 0. The predicted molar refractivity (Wildman–Crippen MR) is 153 cm³/mol. The van der Waals surface area contributed by atoms with Crippen LogP contribution >= 0.6 is 0 Å². The van der Waals surface area contributed by atoms with Gasteiger partial charge in [0.1, 0.15) is 11.2 Å². The quantitative estimate of drug-likeness (QED) is 0.299. The summed E-state index contributed by atoms with van der Waals surface area (Å²) in [6.45, 7) is 14.2. The number of aromatic amines is 2. The molecule has 0 bridgehead atoms. The average molecular weight is 508 g/mol. The van der Waals surface area contributed by atoms with Crippen molar-refractivity contribution < 1.29 is 0 Å². The van der Waals surface area contributed by atoms with Gasteiger partial charge >= 0.3 is 0 Å². The van der Waals surface area contributed by atoms with Crippen molar-refractivity contribution in [2.45, 2.75) is 19.8 Å². The molecule has 3 N–H and O–H groups in total. The van der Waals surface area contributed by atoms with Gasteiger partial charge in [-0.2, -0.15) is 5.10 Å². The van der Waals surface area contributed by atoms with E-state index in [2.05, 4.69) is 84.8 Å². The number of piperazine rings is 1. The molecule has 0 amide bonds. The standard InChI is InChI=1S/C29H33N9/c1-5-19(15-22(6-2)32-18(3)20-7-8-20)21-16-23-25(35-36-27(23)31-17-21)29-33-26-24(9-10-30-28(26)34-29)38-13-11-37(4)12-14-38/h5-6,9-10,15-17,20,32H,2-3,7-8,11-14H2,1,4H3,(H,30,33,34)(H,31,35,36)/b19-5+,22-15+. The van der Waals surface area contributed by atoms with E-state index in [9.17, 15) is 0 Å². The number of likely N-dealkylation sites (N-methyl/N-ethyl adjacent to an activating group) is 1. The number of allylic oxidation sites excluding steroid dienone is 5. The van der Waals surface area contributed by atoms with E-state index >= 15 is 0 Å². The number of aromatic nitrogens is 6. The Hall–Kier alpha value is -4.24. The van der Waals surface area contributed by atoms with E-state index in [1.165, 1.54) is 12.8 Å². The second kappa shape index (κ2) is 9.90. The predicted octanol–water partition coefficient (Wildman–Crippen LogP) is 4.63. The molecule has 9 heteroatoms. The molecule has 9 nitrogen and oxygen atoms in total. The molecule has 6 rings (SSSR count). The Morgan fingerprint density at radius 2 is 1.97 bits per heavy atom. The van der Waals surface area contributed by atoms with Crippen molar-refractivity contribution in [1.29, 1.82) is 0 Å². The van der Waals surface area contributed by atoms with E-state index in [1.54, 1.807) is 0 Å². The molecule has 2 fully saturated rings. The van der Waals surface area contributed by atoms with Gasteiger partial charge in [0.2, 0.25) is 0 Å². The molecule has 0 radical (unpaired) electrons. The molecule has 4 aromatic heterocycles. The number of pyridine rings is 2. The molecule has 1 saturated heterocycles. The van der Waals surface area contributed by atoms with Crippen molar-refractivity contribution in [2.75, 3.05) is 38.1 Å². The zero-order chi connectivity index (χ0) is 26.2. The number of imidazole rings is 1. The van der Waals surface area contributed by atoms with Gasteiger partial charge in [0.05, 0.1) is 11.1 Å². The van der Waals surface area contributed by atoms with Crippen LogP contribution in [-0.4, -0.2) is 68.3 Å². The summed E-state index contributed by atoms with van der Waals surface area (Å²) in [5.41, 5.74) is 8.17. The first-order valence-electron chi connectivity index (χ1n) is 13.1. The van der Waals surface area contributed by atoms with Crippen molar-refractivity contribution >= 4 is 33.5 Å². The van der Waals surface area contributed by atoms with Crippen LogP contribution in [0.1, 0.15) is 25.3 Å². The molecular weight excluding hydrogens is 474 g/mol. The Morgan fingerprint density at radius 3 is 2.71 bits per heavy atom. The molecule has 5 heterocycles. The molecule has 194 valence electrons. The lowest BCUT2D eigenvalue weighted by Crippen LogP contribution is -2.44. The molecule has 1 aliphatic heterocycles. The van der Waals surface area contributed by atoms with Crippen molar-refractivity contribution in [3.05, 3.63) is 72.9 Å². The minimum Gasteiger partial charge on any atom is -0.367 e. The average Bonchev–Trinajstić information content (AvgIpc) is 3.57. The van der Waals surface area contributed by atoms with Crippen LogP contribution in [0.2, 0.25) is 0 Å². The Bertz CT molecular complexity index is 1580. The van der Waals surface area contributed by atoms with Gasteiger partial charge in [0.25, 0.3) is 0 Å². The van der Waals surface area contributed by atoms with Gasteiger partial charge in [-0.3, -0.25) is 5.10 Å². The topological polar surface area (TPSA) is 102 Å². The highest BCUT2D eigenvalue weighted by atomic mass is 15.3. The fraction of sp³-hybridized carbons (Fsp3) is 0.310. The number of nitrogens with zero attached hydrogens (tertiary/aromatic N) is 6. The lowest BCUT2D eigenvalue weighted by Gasteiger charge is -2.34. The summed E-state index contributed by atoms with van der Waals surface area (Å²) in [4.78, 5) is 22.3. The number of hydrogen-bond donors (Lipinski definition) is 3. The molecule has 0 aromatic carbocycles. The zero-order valence-electron chi connectivity index (χ0n) is 22.0. The molecule has 1 saturated carbocycles. The number of H-pyrrole nitrogens is 2. The SMILES string of the molecule is C=C/C(=C\C(=C/C)c1cnc2n[nH]c(-c3nc4nccc(N5CCN(C)CC5)c4[nH]3)c2c1)NC(=C)C1CC1. The van der Waals surface area contributed by atoms with Crippen LogP contribution in [0.5, 0.6) is 0 Å². The zero-order valence-corrected chi connectivity index (χ0v) is 22.0. The van der Waals surface area contributed by atoms with Crippen molar-refractivity contribution in [1.82, 2.24) is 40.3 Å². The van der Waals surface area contributed by atoms with Gasteiger partial charge in [-0.15, -0.1) is 0 Å². The summed E-state index contributed by atoms with van der Waals surface area (Å²) in [5.74, 6) is 1.26. The van der Waals surface area contributed by atoms with Gasteiger partial charge in [0.15, 0.2) is 17.1 Å². The molecule has 2 aliphatic rings. The minimum atomic E-state index is 0.564. The van der Waals surface area contributed by atoms with Gasteiger partial charge < -0.3 is 20.1 Å². The van der Waals surface area contributed by atoms with Crippen LogP contribution in [0, 0.1) is 5.92 Å². The van der Waals surface area contributed by atoms with Crippen LogP contribution < -0.4 is 10.2 Å². The third kappa shape index (κ3) is 4.61. The highest BCUT2D eigenvalue weighted by Crippen LogP contribution is 2.35. The van der Waals surface area contributed by atoms with Gasteiger partial charge in [0, 0.05) is 55.5 Å². The Kier molecular flexibility index (Phi) is 6.29. The summed E-state index contributed by atoms with van der Waals surface area (Å²) in [7, 11) is 2.16. The monoisotopic (exact) mass is 507 g/mol. The fourth-order valence-corrected chi connectivity index (χ4v) is 4.93. The molecule has 0 unspecified atom stereocenters. The molecule has 38 heavy (non-hydrogen) atoms. The van der Waals surface area contributed by atoms with E-state index in [0.29, 0.717) is 23.0 Å². The molecular formula is C29H33N9. The van der Waals surface area contributed by atoms with Crippen LogP contribution in [0.25, 0.3) is 39.3 Å². The summed E-state index contributed by atoms with van der Waals surface area (Å²) >= 11 is 0. The number of hydrogen-bond acceptors (Lipinski definition) is 7. The lowest BCUT2D eigenvalue weighted by molar-refractivity contribution is 0.313. The van der Waals surface area contributed by atoms with Gasteiger partial charge in [-0.25, -0.2) is 15.0 Å². The van der Waals surface area contributed by atoms with Crippen molar-refractivity contribution in [3.63, 3.8) is 0 Å². The Morgan fingerprint density at radius 1 is 1.16 bits per heavy atom. The molecule has 0 atom stereocenters. The summed E-state index contributed by atoms with van der Waals surface area (Å²) in [6, 6.07) is 4.17. The summed E-state index contributed by atoms with van der Waals surface area (Å²) in [5, 5.41) is 11.9. The van der Waals surface area contributed by atoms with E-state index in [4.69, 9.17) is 4.98 Å². The van der Waals surface area contributed by atoms with E-state index in [-0.39, 0.29) is 0 Å². The van der Waals surface area contributed by atoms with Crippen LogP contribution in [0.4, 0.5) is 5.69 Å². The Labute approximate surface area is 222 Å². The maximum absolute atomic E-state index is 4.82. The maximum Gasteiger partial charge on any atom is 0.181 e. The Balaban J connectivity index is 1.34. The van der Waals surface area contributed by atoms with Crippen molar-refractivity contribution in [3.8, 4) is 11.5 Å². The van der Waals surface area contributed by atoms with Gasteiger partial charge in [-0.05, 0) is 62.6 Å². The normalized spacial score (nSPS) is 17.4. The van der Waals surface area contributed by atoms with Crippen LogP contribution in [0.3, 0.4) is 0 Å². The number of anilines is 1. The first kappa shape index (κ1) is 24.1. The minimum absolute atomic E-state index is 0.564. The van der Waals surface area contributed by atoms with E-state index in [0.717, 1.165) is 71.0 Å². The first-order chi connectivity index (χ1) is 18.5. The number of rotatable bonds is 8. The third-order valence-electron chi connectivity index (χ3n) is 7.41. The highest BCUT2D eigenvalue weighted by Gasteiger charge is 2.25. The second-order valence-electron chi connectivity index (χ2n) is 10.1. The summed E-state index contributed by atoms with van der Waals surface area (Å²) in [6.07, 6.45) is 12.1. The number of nitrogens with one attached hydrogen (secondary N) is 3. The van der Waals surface area contributed by atoms with E-state index < -0.39 is 0 Å². The second-order valence-corrected chi connectivity index (χ2v) is 10.1. The smallest absolute Gasteiger partial charge is 0.181 e.